The second-order valence-corrected chi connectivity index (χ2v) is 2.24. The maximum absolute atomic E-state index is 4.03. The fourth-order valence-corrected chi connectivity index (χ4v) is 0.916. The molecule has 0 saturated heterocycles. The molecular formula is C7H12N4. The smallest absolute Gasteiger partial charge is 0.141 e. The summed E-state index contributed by atoms with van der Waals surface area (Å²) < 4.78 is 0. The lowest BCUT2D eigenvalue weighted by atomic mass is 10.2. The van der Waals surface area contributed by atoms with Gasteiger partial charge in [0.25, 0.3) is 0 Å². The average molecular weight is 152 g/mol. The van der Waals surface area contributed by atoms with E-state index >= 15 is 0 Å². The number of hydrogen-bond acceptors (Lipinski definition) is 3. The molecule has 0 spiro atoms. The predicted octanol–water partition coefficient (Wildman–Crippen LogP) is 0.641. The lowest BCUT2D eigenvalue weighted by Crippen LogP contribution is -2.16. The Morgan fingerprint density at radius 1 is 1.91 bits per heavy atom. The van der Waals surface area contributed by atoms with Crippen molar-refractivity contribution in [3.8, 4) is 0 Å². The molecule has 0 fully saturated rings. The van der Waals surface area contributed by atoms with Crippen LogP contribution in [0.15, 0.2) is 19.0 Å². The van der Waals surface area contributed by atoms with Crippen LogP contribution >= 0.6 is 0 Å². The van der Waals surface area contributed by atoms with Crippen molar-refractivity contribution in [2.24, 2.45) is 0 Å². The van der Waals surface area contributed by atoms with E-state index < -0.39 is 0 Å². The first-order valence-corrected chi connectivity index (χ1v) is 3.52. The standard InChI is InChI=1S/C7H12N4/c1-3-4-6(8-2)7-9-5-10-11-7/h3,5-6,8H,1,4H2,2H3,(H,9,10,11). The number of rotatable bonds is 4. The van der Waals surface area contributed by atoms with Crippen LogP contribution in [0.4, 0.5) is 0 Å². The zero-order chi connectivity index (χ0) is 8.10. The highest BCUT2D eigenvalue weighted by Crippen LogP contribution is 2.09. The molecule has 0 saturated carbocycles. The maximum atomic E-state index is 4.03. The molecular weight excluding hydrogens is 140 g/mol. The zero-order valence-corrected chi connectivity index (χ0v) is 6.54. The summed E-state index contributed by atoms with van der Waals surface area (Å²) in [5.74, 6) is 0.854. The van der Waals surface area contributed by atoms with Gasteiger partial charge in [0.05, 0.1) is 6.04 Å². The van der Waals surface area contributed by atoms with E-state index in [4.69, 9.17) is 0 Å². The van der Waals surface area contributed by atoms with Crippen molar-refractivity contribution >= 4 is 0 Å². The number of hydrogen-bond donors (Lipinski definition) is 2. The van der Waals surface area contributed by atoms with Gasteiger partial charge in [-0.05, 0) is 13.5 Å². The van der Waals surface area contributed by atoms with Crippen LogP contribution < -0.4 is 5.32 Å². The molecule has 1 aromatic heterocycles. The average Bonchev–Trinajstić information content (AvgIpc) is 2.52. The fraction of sp³-hybridized carbons (Fsp3) is 0.429. The van der Waals surface area contributed by atoms with E-state index in [0.717, 1.165) is 12.2 Å². The van der Waals surface area contributed by atoms with Crippen molar-refractivity contribution in [1.29, 1.82) is 0 Å². The van der Waals surface area contributed by atoms with Crippen LogP contribution in [0.3, 0.4) is 0 Å². The van der Waals surface area contributed by atoms with Crippen molar-refractivity contribution in [3.05, 3.63) is 24.8 Å². The predicted molar refractivity (Wildman–Crippen MR) is 43.0 cm³/mol. The molecule has 0 aliphatic rings. The maximum Gasteiger partial charge on any atom is 0.141 e. The van der Waals surface area contributed by atoms with Gasteiger partial charge in [-0.2, -0.15) is 5.10 Å². The molecule has 1 heterocycles. The summed E-state index contributed by atoms with van der Waals surface area (Å²) in [7, 11) is 1.89. The van der Waals surface area contributed by atoms with E-state index in [-0.39, 0.29) is 6.04 Å². The van der Waals surface area contributed by atoms with Gasteiger partial charge in [-0.1, -0.05) is 6.08 Å². The molecule has 0 radical (unpaired) electrons. The van der Waals surface area contributed by atoms with E-state index in [1.165, 1.54) is 6.33 Å². The van der Waals surface area contributed by atoms with Gasteiger partial charge < -0.3 is 5.32 Å². The summed E-state index contributed by atoms with van der Waals surface area (Å²) >= 11 is 0. The number of aromatic nitrogens is 3. The Morgan fingerprint density at radius 2 is 2.73 bits per heavy atom. The van der Waals surface area contributed by atoms with Gasteiger partial charge in [0.15, 0.2) is 0 Å². The van der Waals surface area contributed by atoms with Gasteiger partial charge in [-0.25, -0.2) is 4.98 Å². The van der Waals surface area contributed by atoms with Crippen LogP contribution in [-0.2, 0) is 0 Å². The second-order valence-electron chi connectivity index (χ2n) is 2.24. The van der Waals surface area contributed by atoms with Crippen LogP contribution in [0.2, 0.25) is 0 Å². The Morgan fingerprint density at radius 3 is 3.18 bits per heavy atom. The molecule has 4 heteroatoms. The Balaban J connectivity index is 2.62. The summed E-state index contributed by atoms with van der Waals surface area (Å²) in [5, 5.41) is 9.66. The second kappa shape index (κ2) is 3.88. The summed E-state index contributed by atoms with van der Waals surface area (Å²) in [5.41, 5.74) is 0. The minimum absolute atomic E-state index is 0.204. The first-order chi connectivity index (χ1) is 5.38. The zero-order valence-electron chi connectivity index (χ0n) is 6.54. The highest BCUT2D eigenvalue weighted by Gasteiger charge is 2.08. The van der Waals surface area contributed by atoms with Crippen molar-refractivity contribution in [2.75, 3.05) is 7.05 Å². The monoisotopic (exact) mass is 152 g/mol. The van der Waals surface area contributed by atoms with E-state index in [0.29, 0.717) is 0 Å². The molecule has 11 heavy (non-hydrogen) atoms. The van der Waals surface area contributed by atoms with Gasteiger partial charge in [0.1, 0.15) is 12.2 Å². The topological polar surface area (TPSA) is 53.6 Å². The van der Waals surface area contributed by atoms with E-state index in [1.807, 2.05) is 13.1 Å². The highest BCUT2D eigenvalue weighted by atomic mass is 15.2. The van der Waals surface area contributed by atoms with Crippen molar-refractivity contribution in [3.63, 3.8) is 0 Å². The van der Waals surface area contributed by atoms with Crippen LogP contribution in [0.1, 0.15) is 18.3 Å². The minimum atomic E-state index is 0.204. The minimum Gasteiger partial charge on any atom is -0.310 e. The number of nitrogens with one attached hydrogen (secondary N) is 2. The molecule has 60 valence electrons. The normalized spacial score (nSPS) is 12.8. The largest absolute Gasteiger partial charge is 0.310 e. The van der Waals surface area contributed by atoms with E-state index in [1.54, 1.807) is 0 Å². The Labute approximate surface area is 65.7 Å². The molecule has 1 rings (SSSR count). The molecule has 1 unspecified atom stereocenters. The summed E-state index contributed by atoms with van der Waals surface area (Å²) in [6.07, 6.45) is 4.21. The molecule has 0 bridgehead atoms. The van der Waals surface area contributed by atoms with Crippen molar-refractivity contribution in [1.82, 2.24) is 20.5 Å². The molecule has 4 nitrogen and oxygen atoms in total. The number of aromatic amines is 1. The fourth-order valence-electron chi connectivity index (χ4n) is 0.916. The van der Waals surface area contributed by atoms with Crippen LogP contribution in [0, 0.1) is 0 Å². The summed E-state index contributed by atoms with van der Waals surface area (Å²) in [4.78, 5) is 4.03. The van der Waals surface area contributed by atoms with Crippen LogP contribution in [-0.4, -0.2) is 22.2 Å². The first kappa shape index (κ1) is 7.94. The quantitative estimate of drug-likeness (QED) is 0.622. The highest BCUT2D eigenvalue weighted by molar-refractivity contribution is 4.93. The van der Waals surface area contributed by atoms with Gasteiger partial charge in [-0.15, -0.1) is 6.58 Å². The van der Waals surface area contributed by atoms with Crippen molar-refractivity contribution in [2.45, 2.75) is 12.5 Å². The number of H-pyrrole nitrogens is 1. The van der Waals surface area contributed by atoms with Gasteiger partial charge in [-0.3, -0.25) is 5.10 Å². The Bertz CT molecular complexity index is 204. The number of nitrogens with zero attached hydrogens (tertiary/aromatic N) is 2. The Hall–Kier alpha value is -1.16. The molecule has 0 aliphatic heterocycles. The first-order valence-electron chi connectivity index (χ1n) is 3.52. The summed E-state index contributed by atoms with van der Waals surface area (Å²) in [6.45, 7) is 3.66. The lowest BCUT2D eigenvalue weighted by Gasteiger charge is -2.08. The van der Waals surface area contributed by atoms with Gasteiger partial charge in [0, 0.05) is 0 Å². The third kappa shape index (κ3) is 1.88. The van der Waals surface area contributed by atoms with E-state index in [9.17, 15) is 0 Å². The SMILES string of the molecule is C=CCC(NC)c1ncn[nH]1. The third-order valence-electron chi connectivity index (χ3n) is 1.51. The van der Waals surface area contributed by atoms with Crippen molar-refractivity contribution < 1.29 is 0 Å². The van der Waals surface area contributed by atoms with Gasteiger partial charge >= 0.3 is 0 Å². The molecule has 1 aromatic rings. The summed E-state index contributed by atoms with van der Waals surface area (Å²) in [6, 6.07) is 0.204. The van der Waals surface area contributed by atoms with Crippen LogP contribution in [0.25, 0.3) is 0 Å². The molecule has 0 amide bonds. The molecule has 2 N–H and O–H groups in total. The molecule has 0 aromatic carbocycles. The van der Waals surface area contributed by atoms with Crippen LogP contribution in [0.5, 0.6) is 0 Å². The Kier molecular flexibility index (Phi) is 2.80. The lowest BCUT2D eigenvalue weighted by molar-refractivity contribution is 0.570. The van der Waals surface area contributed by atoms with Gasteiger partial charge in [0.2, 0.25) is 0 Å². The van der Waals surface area contributed by atoms with E-state index in [2.05, 4.69) is 27.1 Å². The molecule has 0 aliphatic carbocycles. The molecule has 1 atom stereocenters. The third-order valence-corrected chi connectivity index (χ3v) is 1.51.